The van der Waals surface area contributed by atoms with Crippen LogP contribution >= 0.6 is 15.9 Å². The van der Waals surface area contributed by atoms with Crippen molar-refractivity contribution < 1.29 is 0 Å². The van der Waals surface area contributed by atoms with Crippen molar-refractivity contribution in [1.29, 1.82) is 0 Å². The molecule has 16 heavy (non-hydrogen) atoms. The molecule has 1 aromatic heterocycles. The lowest BCUT2D eigenvalue weighted by molar-refractivity contribution is 0.877. The highest BCUT2D eigenvalue weighted by Gasteiger charge is 2.04. The number of hydrogen-bond acceptors (Lipinski definition) is 2. The molecule has 1 heterocycles. The van der Waals surface area contributed by atoms with Gasteiger partial charge in [0.15, 0.2) is 0 Å². The van der Waals surface area contributed by atoms with Crippen LogP contribution in [0.5, 0.6) is 0 Å². The first kappa shape index (κ1) is 9.54. The minimum Gasteiger partial charge on any atom is -0.219 e. The summed E-state index contributed by atoms with van der Waals surface area (Å²) in [6, 6.07) is 14.4. The Balaban J connectivity index is 2.31. The Morgan fingerprint density at radius 1 is 1.00 bits per heavy atom. The second kappa shape index (κ2) is 3.72. The van der Waals surface area contributed by atoms with Crippen molar-refractivity contribution in [1.82, 2.24) is 14.8 Å². The quantitative estimate of drug-likeness (QED) is 0.682. The van der Waals surface area contributed by atoms with Crippen LogP contribution in [0.15, 0.2) is 53.5 Å². The Morgan fingerprint density at radius 3 is 2.62 bits per heavy atom. The molecule has 0 radical (unpaired) electrons. The third-order valence-corrected chi connectivity index (χ3v) is 2.84. The molecule has 0 amide bonds. The maximum Gasteiger partial charge on any atom is 0.217 e. The molecule has 0 unspecified atom stereocenters. The van der Waals surface area contributed by atoms with Crippen molar-refractivity contribution in [3.05, 3.63) is 53.5 Å². The fourth-order valence-corrected chi connectivity index (χ4v) is 2.03. The second-order valence-corrected chi connectivity index (χ2v) is 4.17. The van der Waals surface area contributed by atoms with Gasteiger partial charge in [0.25, 0.3) is 0 Å². The molecule has 0 fully saturated rings. The van der Waals surface area contributed by atoms with Crippen LogP contribution in [0.2, 0.25) is 0 Å². The summed E-state index contributed by atoms with van der Waals surface area (Å²) in [7, 11) is 0. The van der Waals surface area contributed by atoms with Crippen molar-refractivity contribution in [2.75, 3.05) is 0 Å². The van der Waals surface area contributed by atoms with Gasteiger partial charge in [-0.1, -0.05) is 36.4 Å². The first-order valence-electron chi connectivity index (χ1n) is 4.90. The third-order valence-electron chi connectivity index (χ3n) is 2.48. The standard InChI is InChI=1S/C12H8BrN3/c13-12-14-8-16(15-12)11-7-3-5-9-4-1-2-6-10(9)11/h1-8H. The van der Waals surface area contributed by atoms with E-state index in [1.165, 1.54) is 10.8 Å². The zero-order valence-corrected chi connectivity index (χ0v) is 9.92. The molecular weight excluding hydrogens is 266 g/mol. The Labute approximate surface area is 101 Å². The van der Waals surface area contributed by atoms with Crippen LogP contribution in [0, 0.1) is 0 Å². The summed E-state index contributed by atoms with van der Waals surface area (Å²) in [5.74, 6) is 0. The Bertz CT molecular complexity index is 640. The Hall–Kier alpha value is -1.68. The van der Waals surface area contributed by atoms with Crippen LogP contribution in [0.1, 0.15) is 0 Å². The van der Waals surface area contributed by atoms with Crippen LogP contribution in [0.4, 0.5) is 0 Å². The van der Waals surface area contributed by atoms with Gasteiger partial charge in [-0.3, -0.25) is 0 Å². The summed E-state index contributed by atoms with van der Waals surface area (Å²) in [6.07, 6.45) is 1.70. The zero-order valence-electron chi connectivity index (χ0n) is 8.34. The fourth-order valence-electron chi connectivity index (χ4n) is 1.77. The van der Waals surface area contributed by atoms with E-state index in [1.807, 2.05) is 24.3 Å². The number of rotatable bonds is 1. The zero-order chi connectivity index (χ0) is 11.0. The number of hydrogen-bond donors (Lipinski definition) is 0. The summed E-state index contributed by atoms with van der Waals surface area (Å²) >= 11 is 3.25. The highest BCUT2D eigenvalue weighted by molar-refractivity contribution is 9.10. The van der Waals surface area contributed by atoms with E-state index < -0.39 is 0 Å². The van der Waals surface area contributed by atoms with Crippen LogP contribution < -0.4 is 0 Å². The topological polar surface area (TPSA) is 30.7 Å². The normalized spacial score (nSPS) is 10.8. The Morgan fingerprint density at radius 2 is 1.81 bits per heavy atom. The molecule has 3 rings (SSSR count). The largest absolute Gasteiger partial charge is 0.219 e. The summed E-state index contributed by atoms with van der Waals surface area (Å²) in [4.78, 5) is 4.07. The maximum absolute atomic E-state index is 4.25. The predicted octanol–water partition coefficient (Wildman–Crippen LogP) is 3.18. The van der Waals surface area contributed by atoms with Gasteiger partial charge in [-0.15, -0.1) is 5.10 Å². The molecule has 0 bridgehead atoms. The first-order valence-corrected chi connectivity index (χ1v) is 5.69. The molecule has 0 aliphatic carbocycles. The van der Waals surface area contributed by atoms with Crippen LogP contribution in [-0.2, 0) is 0 Å². The van der Waals surface area contributed by atoms with E-state index in [1.54, 1.807) is 11.0 Å². The first-order chi connectivity index (χ1) is 7.84. The van der Waals surface area contributed by atoms with E-state index in [0.717, 1.165) is 5.69 Å². The van der Waals surface area contributed by atoms with Crippen LogP contribution in [-0.4, -0.2) is 14.8 Å². The predicted molar refractivity (Wildman–Crippen MR) is 66.6 cm³/mol. The van der Waals surface area contributed by atoms with E-state index in [9.17, 15) is 0 Å². The smallest absolute Gasteiger partial charge is 0.217 e. The molecule has 78 valence electrons. The molecule has 0 atom stereocenters. The summed E-state index contributed by atoms with van der Waals surface area (Å²) < 4.78 is 2.37. The molecule has 0 aliphatic rings. The minimum absolute atomic E-state index is 0.598. The van der Waals surface area contributed by atoms with Crippen molar-refractivity contribution in [3.63, 3.8) is 0 Å². The van der Waals surface area contributed by atoms with Crippen molar-refractivity contribution in [2.45, 2.75) is 0 Å². The summed E-state index contributed by atoms with van der Waals surface area (Å²) in [6.45, 7) is 0. The molecule has 3 nitrogen and oxygen atoms in total. The van der Waals surface area contributed by atoms with Gasteiger partial charge in [-0.05, 0) is 27.4 Å². The number of fused-ring (bicyclic) bond motifs is 1. The number of halogens is 1. The van der Waals surface area contributed by atoms with Gasteiger partial charge in [0.05, 0.1) is 5.69 Å². The number of aromatic nitrogens is 3. The molecule has 0 aliphatic heterocycles. The third kappa shape index (κ3) is 1.51. The van der Waals surface area contributed by atoms with Crippen LogP contribution in [0.3, 0.4) is 0 Å². The molecule has 4 heteroatoms. The van der Waals surface area contributed by atoms with E-state index in [4.69, 9.17) is 0 Å². The monoisotopic (exact) mass is 273 g/mol. The van der Waals surface area contributed by atoms with Crippen molar-refractivity contribution in [3.8, 4) is 5.69 Å². The van der Waals surface area contributed by atoms with Gasteiger partial charge in [0.1, 0.15) is 6.33 Å². The minimum atomic E-state index is 0.598. The van der Waals surface area contributed by atoms with E-state index >= 15 is 0 Å². The summed E-state index contributed by atoms with van der Waals surface area (Å²) in [5.41, 5.74) is 1.04. The lowest BCUT2D eigenvalue weighted by Gasteiger charge is -2.04. The van der Waals surface area contributed by atoms with E-state index in [0.29, 0.717) is 4.73 Å². The van der Waals surface area contributed by atoms with Crippen molar-refractivity contribution in [2.24, 2.45) is 0 Å². The van der Waals surface area contributed by atoms with Gasteiger partial charge in [0, 0.05) is 5.39 Å². The van der Waals surface area contributed by atoms with E-state index in [2.05, 4.69) is 44.2 Å². The van der Waals surface area contributed by atoms with Gasteiger partial charge in [0.2, 0.25) is 4.73 Å². The molecule has 2 aromatic carbocycles. The van der Waals surface area contributed by atoms with Crippen LogP contribution in [0.25, 0.3) is 16.5 Å². The molecule has 0 saturated carbocycles. The number of benzene rings is 2. The molecular formula is C12H8BrN3. The average Bonchev–Trinajstić information content (AvgIpc) is 2.75. The molecule has 0 N–H and O–H groups in total. The summed E-state index contributed by atoms with van der Waals surface area (Å²) in [5, 5.41) is 6.62. The SMILES string of the molecule is Brc1ncn(-c2cccc3ccccc23)n1. The van der Waals surface area contributed by atoms with Gasteiger partial charge in [-0.2, -0.15) is 0 Å². The maximum atomic E-state index is 4.25. The molecule has 0 saturated heterocycles. The second-order valence-electron chi connectivity index (χ2n) is 3.46. The van der Waals surface area contributed by atoms with Gasteiger partial charge in [-0.25, -0.2) is 9.67 Å². The number of nitrogens with zero attached hydrogens (tertiary/aromatic N) is 3. The lowest BCUT2D eigenvalue weighted by atomic mass is 10.1. The van der Waals surface area contributed by atoms with Crippen molar-refractivity contribution >= 4 is 26.7 Å². The average molecular weight is 274 g/mol. The fraction of sp³-hybridized carbons (Fsp3) is 0. The Kier molecular flexibility index (Phi) is 2.22. The van der Waals surface area contributed by atoms with Gasteiger partial charge >= 0.3 is 0 Å². The van der Waals surface area contributed by atoms with Gasteiger partial charge < -0.3 is 0 Å². The molecule has 0 spiro atoms. The van der Waals surface area contributed by atoms with E-state index in [-0.39, 0.29) is 0 Å². The highest BCUT2D eigenvalue weighted by Crippen LogP contribution is 2.21. The lowest BCUT2D eigenvalue weighted by Crippen LogP contribution is -1.95. The highest BCUT2D eigenvalue weighted by atomic mass is 79.9. The molecule has 3 aromatic rings.